The van der Waals surface area contributed by atoms with Crippen LogP contribution in [0.5, 0.6) is 0 Å². The van der Waals surface area contributed by atoms with Crippen LogP contribution in [0.15, 0.2) is 54.2 Å². The van der Waals surface area contributed by atoms with Gasteiger partial charge < -0.3 is 5.11 Å². The molecule has 33 heavy (non-hydrogen) atoms. The van der Waals surface area contributed by atoms with Gasteiger partial charge in [-0.05, 0) is 30.3 Å². The van der Waals surface area contributed by atoms with E-state index >= 15 is 0 Å². The summed E-state index contributed by atoms with van der Waals surface area (Å²) in [4.78, 5) is 8.84. The number of rotatable bonds is 7. The molecule has 0 amide bonds. The van der Waals surface area contributed by atoms with Crippen LogP contribution in [0.1, 0.15) is 41.7 Å². The molecule has 1 N–H and O–H groups in total. The molecule has 9 heteroatoms. The zero-order chi connectivity index (χ0) is 23.6. The standard InChI is InChI=1S/C24H21F2N5OS/c1-3-22-28-14-31(30-22)13-24(32,19-10-18(25)8-9-20(19)26)15(2)23-29-21(12-33-23)17-6-4-16(11-27)5-7-17/h4-10,12,14-15,32H,3,13H2,1-2H3/t15-,24+/m0/s1. The van der Waals surface area contributed by atoms with Crippen molar-refractivity contribution in [3.8, 4) is 17.3 Å². The maximum atomic E-state index is 14.8. The van der Waals surface area contributed by atoms with Gasteiger partial charge in [0.1, 0.15) is 29.4 Å². The summed E-state index contributed by atoms with van der Waals surface area (Å²) in [5.41, 5.74) is 0.0111. The molecule has 0 fully saturated rings. The molecule has 2 aromatic carbocycles. The number of hydrogen-bond acceptors (Lipinski definition) is 6. The molecule has 2 aromatic heterocycles. The number of aromatic nitrogens is 4. The second-order valence-electron chi connectivity index (χ2n) is 7.74. The van der Waals surface area contributed by atoms with Gasteiger partial charge in [-0.3, -0.25) is 0 Å². The zero-order valence-corrected chi connectivity index (χ0v) is 18.9. The van der Waals surface area contributed by atoms with Crippen LogP contribution in [0, 0.1) is 23.0 Å². The largest absolute Gasteiger partial charge is 0.382 e. The first-order valence-electron chi connectivity index (χ1n) is 10.4. The van der Waals surface area contributed by atoms with Crippen LogP contribution in [-0.4, -0.2) is 24.9 Å². The van der Waals surface area contributed by atoms with Gasteiger partial charge >= 0.3 is 0 Å². The Morgan fingerprint density at radius 2 is 1.97 bits per heavy atom. The number of nitrogens with zero attached hydrogens (tertiary/aromatic N) is 5. The number of benzene rings is 2. The summed E-state index contributed by atoms with van der Waals surface area (Å²) in [6, 6.07) is 12.1. The maximum Gasteiger partial charge on any atom is 0.150 e. The Morgan fingerprint density at radius 1 is 1.21 bits per heavy atom. The van der Waals surface area contributed by atoms with E-state index in [4.69, 9.17) is 5.26 Å². The molecule has 0 radical (unpaired) electrons. The molecule has 2 atom stereocenters. The van der Waals surface area contributed by atoms with Crippen LogP contribution in [-0.2, 0) is 18.6 Å². The number of aliphatic hydroxyl groups is 1. The molecule has 6 nitrogen and oxygen atoms in total. The average Bonchev–Trinajstić information content (AvgIpc) is 3.50. The minimum absolute atomic E-state index is 0.132. The van der Waals surface area contributed by atoms with Crippen molar-refractivity contribution >= 4 is 11.3 Å². The molecule has 0 bridgehead atoms. The minimum Gasteiger partial charge on any atom is -0.382 e. The number of thiazole rings is 1. The Balaban J connectivity index is 1.74. The van der Waals surface area contributed by atoms with Gasteiger partial charge in [0.25, 0.3) is 0 Å². The van der Waals surface area contributed by atoms with Crippen molar-refractivity contribution in [1.29, 1.82) is 5.26 Å². The van der Waals surface area contributed by atoms with Gasteiger partial charge in [-0.25, -0.2) is 23.4 Å². The quantitative estimate of drug-likeness (QED) is 0.423. The van der Waals surface area contributed by atoms with Gasteiger partial charge in [0, 0.05) is 28.8 Å². The summed E-state index contributed by atoms with van der Waals surface area (Å²) < 4.78 is 30.4. The lowest BCUT2D eigenvalue weighted by Gasteiger charge is -2.33. The van der Waals surface area contributed by atoms with Crippen molar-refractivity contribution in [2.24, 2.45) is 0 Å². The molecule has 0 spiro atoms. The van der Waals surface area contributed by atoms with Crippen molar-refractivity contribution in [2.45, 2.75) is 38.3 Å². The van der Waals surface area contributed by atoms with Gasteiger partial charge in [-0.15, -0.1) is 11.3 Å². The summed E-state index contributed by atoms with van der Waals surface area (Å²) in [6.07, 6.45) is 2.08. The number of halogens is 2. The molecule has 0 aliphatic heterocycles. The van der Waals surface area contributed by atoms with Gasteiger partial charge in [-0.1, -0.05) is 26.0 Å². The van der Waals surface area contributed by atoms with Crippen LogP contribution >= 0.6 is 11.3 Å². The van der Waals surface area contributed by atoms with E-state index < -0.39 is 23.2 Å². The lowest BCUT2D eigenvalue weighted by molar-refractivity contribution is -0.0115. The molecule has 0 aliphatic carbocycles. The molecule has 4 rings (SSSR count). The summed E-state index contributed by atoms with van der Waals surface area (Å²) >= 11 is 1.32. The summed E-state index contributed by atoms with van der Waals surface area (Å²) in [7, 11) is 0. The van der Waals surface area contributed by atoms with Crippen molar-refractivity contribution in [1.82, 2.24) is 19.7 Å². The second-order valence-corrected chi connectivity index (χ2v) is 8.63. The molecule has 168 valence electrons. The molecule has 0 saturated carbocycles. The van der Waals surface area contributed by atoms with E-state index in [1.54, 1.807) is 31.2 Å². The lowest BCUT2D eigenvalue weighted by Crippen LogP contribution is -2.38. The van der Waals surface area contributed by atoms with Crippen LogP contribution in [0.25, 0.3) is 11.3 Å². The van der Waals surface area contributed by atoms with Crippen molar-refractivity contribution in [3.63, 3.8) is 0 Å². The second kappa shape index (κ2) is 9.17. The predicted molar refractivity (Wildman–Crippen MR) is 120 cm³/mol. The highest BCUT2D eigenvalue weighted by Gasteiger charge is 2.41. The van der Waals surface area contributed by atoms with E-state index in [1.165, 1.54) is 22.3 Å². The normalized spacial score (nSPS) is 13.9. The SMILES string of the molecule is CCc1ncn(C[C@](O)(c2cc(F)ccc2F)[C@@H](C)c2nc(-c3ccc(C#N)cc3)cs2)n1. The van der Waals surface area contributed by atoms with Crippen LogP contribution < -0.4 is 0 Å². The molecular weight excluding hydrogens is 444 g/mol. The first-order chi connectivity index (χ1) is 15.8. The highest BCUT2D eigenvalue weighted by Crippen LogP contribution is 2.41. The molecule has 0 saturated heterocycles. The topological polar surface area (TPSA) is 87.6 Å². The summed E-state index contributed by atoms with van der Waals surface area (Å²) in [5, 5.41) is 27.5. The maximum absolute atomic E-state index is 14.8. The Kier molecular flexibility index (Phi) is 6.31. The van der Waals surface area contributed by atoms with Gasteiger partial charge in [0.15, 0.2) is 0 Å². The highest BCUT2D eigenvalue weighted by molar-refractivity contribution is 7.10. The van der Waals surface area contributed by atoms with E-state index in [0.717, 1.165) is 23.8 Å². The highest BCUT2D eigenvalue weighted by atomic mass is 32.1. The van der Waals surface area contributed by atoms with Crippen LogP contribution in [0.2, 0.25) is 0 Å². The fourth-order valence-corrected chi connectivity index (χ4v) is 4.61. The van der Waals surface area contributed by atoms with Gasteiger partial charge in [0.2, 0.25) is 0 Å². The van der Waals surface area contributed by atoms with E-state index in [-0.39, 0.29) is 12.1 Å². The summed E-state index contributed by atoms with van der Waals surface area (Å²) in [6.45, 7) is 3.50. The Morgan fingerprint density at radius 3 is 2.64 bits per heavy atom. The van der Waals surface area contributed by atoms with E-state index in [9.17, 15) is 13.9 Å². The Bertz CT molecular complexity index is 1310. The molecule has 2 heterocycles. The van der Waals surface area contributed by atoms with Crippen molar-refractivity contribution in [3.05, 3.63) is 87.8 Å². The smallest absolute Gasteiger partial charge is 0.150 e. The molecule has 0 aliphatic rings. The lowest BCUT2D eigenvalue weighted by atomic mass is 9.82. The minimum atomic E-state index is -1.84. The molecule has 4 aromatic rings. The molecular formula is C24H21F2N5OS. The third kappa shape index (κ3) is 4.53. The fraction of sp³-hybridized carbons (Fsp3) is 0.250. The first-order valence-corrected chi connectivity index (χ1v) is 11.2. The monoisotopic (exact) mass is 465 g/mol. The van der Waals surface area contributed by atoms with Crippen LogP contribution in [0.4, 0.5) is 8.78 Å². The van der Waals surface area contributed by atoms with Crippen molar-refractivity contribution < 1.29 is 13.9 Å². The summed E-state index contributed by atoms with van der Waals surface area (Å²) in [5.74, 6) is -1.48. The average molecular weight is 466 g/mol. The molecule has 0 unspecified atom stereocenters. The third-order valence-corrected chi connectivity index (χ3v) is 6.64. The van der Waals surface area contributed by atoms with E-state index in [2.05, 4.69) is 21.1 Å². The van der Waals surface area contributed by atoms with E-state index in [1.807, 2.05) is 12.3 Å². The predicted octanol–water partition coefficient (Wildman–Crippen LogP) is 4.81. The Hall–Kier alpha value is -3.48. The van der Waals surface area contributed by atoms with Crippen LogP contribution in [0.3, 0.4) is 0 Å². The Labute approximate surface area is 193 Å². The van der Waals surface area contributed by atoms with E-state index in [0.29, 0.717) is 28.5 Å². The number of nitriles is 1. The third-order valence-electron chi connectivity index (χ3n) is 5.62. The first kappa shape index (κ1) is 22.7. The van der Waals surface area contributed by atoms with Gasteiger partial charge in [-0.2, -0.15) is 10.4 Å². The van der Waals surface area contributed by atoms with Gasteiger partial charge in [0.05, 0.1) is 28.9 Å². The van der Waals surface area contributed by atoms with Crippen molar-refractivity contribution in [2.75, 3.05) is 0 Å². The zero-order valence-electron chi connectivity index (χ0n) is 18.0. The number of hydrogen-bond donors (Lipinski definition) is 1. The number of aryl methyl sites for hydroxylation is 1. The fourth-order valence-electron chi connectivity index (χ4n) is 3.64.